The Bertz CT molecular complexity index is 1540. The van der Waals surface area contributed by atoms with Crippen LogP contribution in [0.15, 0.2) is 73.5 Å². The lowest BCUT2D eigenvalue weighted by atomic mass is 9.80. The Kier molecular flexibility index (Phi) is 20.5. The van der Waals surface area contributed by atoms with E-state index in [9.17, 15) is 19.2 Å². The summed E-state index contributed by atoms with van der Waals surface area (Å²) in [6.07, 6.45) is 8.52. The molecule has 3 saturated carbocycles. The zero-order valence-electron chi connectivity index (χ0n) is 31.4. The highest BCUT2D eigenvalue weighted by Crippen LogP contribution is 2.29. The second-order valence-electron chi connectivity index (χ2n) is 15.3. The van der Waals surface area contributed by atoms with Gasteiger partial charge in [0.2, 0.25) is 0 Å². The van der Waals surface area contributed by atoms with Gasteiger partial charge in [0.15, 0.2) is 0 Å². The van der Waals surface area contributed by atoms with Crippen molar-refractivity contribution in [3.05, 3.63) is 69.5 Å². The number of carbonyl (C=O) groups is 2. The molecular weight excluding hydrogens is 729 g/mol. The first-order valence-electron chi connectivity index (χ1n) is 17.4. The second kappa shape index (κ2) is 23.0. The van der Waals surface area contributed by atoms with Gasteiger partial charge in [0.05, 0.1) is 11.8 Å². The van der Waals surface area contributed by atoms with Crippen molar-refractivity contribution in [1.82, 2.24) is 19.8 Å². The third kappa shape index (κ3) is 19.7. The molecule has 3 aliphatic carbocycles. The summed E-state index contributed by atoms with van der Waals surface area (Å²) >= 11 is 4.55. The molecule has 0 aliphatic heterocycles. The summed E-state index contributed by atoms with van der Waals surface area (Å²) in [5, 5.41) is 19.5. The number of halogens is 2. The molecule has 0 radical (unpaired) electrons. The lowest BCUT2D eigenvalue weighted by molar-refractivity contribution is 0.0415. The third-order valence-corrected chi connectivity index (χ3v) is 8.30. The SMILES string of the molecule is CC(C)(C)OC(=O)NC1CC(CO)C1.CC(C)(C)OC(=O)NC1CC(Cn2ccccc2=O)C1.Cl.N=NN=NCl.NC1CC(Cn2ccccc2=O)C1. The highest BCUT2D eigenvalue weighted by Gasteiger charge is 2.32. The summed E-state index contributed by atoms with van der Waals surface area (Å²) in [6, 6.07) is 11.1. The number of rotatable bonds is 8. The molecule has 0 atom stereocenters. The van der Waals surface area contributed by atoms with Crippen LogP contribution >= 0.6 is 24.2 Å². The van der Waals surface area contributed by atoms with Crippen LogP contribution < -0.4 is 27.5 Å². The number of aromatic nitrogens is 2. The molecule has 2 aromatic rings. The lowest BCUT2D eigenvalue weighted by Gasteiger charge is -2.36. The van der Waals surface area contributed by atoms with Crippen molar-refractivity contribution in [2.24, 2.45) is 38.6 Å². The van der Waals surface area contributed by atoms with Crippen LogP contribution in [-0.2, 0) is 22.6 Å². The van der Waals surface area contributed by atoms with Gasteiger partial charge in [0, 0.05) is 62.3 Å². The first kappa shape index (κ1) is 47.2. The summed E-state index contributed by atoms with van der Waals surface area (Å²) in [5.41, 5.74) is 10.8. The summed E-state index contributed by atoms with van der Waals surface area (Å²) in [4.78, 5) is 45.7. The van der Waals surface area contributed by atoms with E-state index in [-0.39, 0.29) is 54.4 Å². The van der Waals surface area contributed by atoms with Crippen LogP contribution in [0.1, 0.15) is 80.1 Å². The summed E-state index contributed by atoms with van der Waals surface area (Å²) in [6.45, 7) is 12.8. The van der Waals surface area contributed by atoms with Gasteiger partial charge in [-0.25, -0.2) is 9.59 Å². The molecule has 6 N–H and O–H groups in total. The first-order chi connectivity index (χ1) is 24.4. The van der Waals surface area contributed by atoms with Gasteiger partial charge in [-0.15, -0.1) is 12.4 Å². The van der Waals surface area contributed by atoms with E-state index in [4.69, 9.17) is 25.8 Å². The van der Waals surface area contributed by atoms with E-state index in [0.717, 1.165) is 45.1 Å². The molecule has 18 heteroatoms. The lowest BCUT2D eigenvalue weighted by Crippen LogP contribution is -2.47. The number of ether oxygens (including phenoxy) is 2. The Labute approximate surface area is 322 Å². The van der Waals surface area contributed by atoms with Crippen molar-refractivity contribution in [1.29, 1.82) is 5.53 Å². The fourth-order valence-corrected chi connectivity index (χ4v) is 5.72. The maximum Gasteiger partial charge on any atom is 0.407 e. The third-order valence-electron chi connectivity index (χ3n) is 8.23. The molecule has 0 saturated heterocycles. The van der Waals surface area contributed by atoms with Gasteiger partial charge in [0.25, 0.3) is 11.1 Å². The van der Waals surface area contributed by atoms with E-state index < -0.39 is 11.2 Å². The van der Waals surface area contributed by atoms with Gasteiger partial charge in [-0.3, -0.25) is 9.59 Å². The van der Waals surface area contributed by atoms with E-state index >= 15 is 0 Å². The molecule has 3 aliphatic rings. The molecular formula is C35H57Cl2N9O7. The average Bonchev–Trinajstić information content (AvgIpc) is 2.98. The van der Waals surface area contributed by atoms with E-state index in [1.807, 2.05) is 59.9 Å². The van der Waals surface area contributed by atoms with Crippen molar-refractivity contribution < 1.29 is 24.2 Å². The zero-order valence-corrected chi connectivity index (χ0v) is 33.0. The summed E-state index contributed by atoms with van der Waals surface area (Å²) < 4.78 is 16.4. The molecule has 3 fully saturated rings. The number of nitrogens with one attached hydrogen (secondary N) is 3. The van der Waals surface area contributed by atoms with Gasteiger partial charge in [0.1, 0.15) is 11.2 Å². The number of nitrogens with two attached hydrogens (primary N) is 1. The van der Waals surface area contributed by atoms with Crippen LogP contribution in [0.4, 0.5) is 9.59 Å². The molecule has 16 nitrogen and oxygen atoms in total. The number of hydrogen-bond donors (Lipinski definition) is 5. The van der Waals surface area contributed by atoms with Crippen LogP contribution in [0.2, 0.25) is 0 Å². The van der Waals surface area contributed by atoms with Crippen LogP contribution in [0.3, 0.4) is 0 Å². The molecule has 0 bridgehead atoms. The van der Waals surface area contributed by atoms with Crippen LogP contribution in [0.25, 0.3) is 0 Å². The van der Waals surface area contributed by atoms with E-state index in [1.165, 1.54) is 0 Å². The topological polar surface area (TPSA) is 228 Å². The minimum Gasteiger partial charge on any atom is -0.444 e. The second-order valence-corrected chi connectivity index (χ2v) is 15.4. The minimum atomic E-state index is -0.468. The van der Waals surface area contributed by atoms with Crippen molar-refractivity contribution in [2.45, 2.75) is 122 Å². The predicted molar refractivity (Wildman–Crippen MR) is 204 cm³/mol. The number of hydrogen-bond acceptors (Lipinski definition) is 10. The average molecular weight is 787 g/mol. The molecule has 0 aromatic carbocycles. The van der Waals surface area contributed by atoms with Gasteiger partial charge in [-0.1, -0.05) is 16.8 Å². The predicted octanol–water partition coefficient (Wildman–Crippen LogP) is 5.98. The maximum absolute atomic E-state index is 11.6. The molecule has 2 heterocycles. The van der Waals surface area contributed by atoms with Gasteiger partial charge < -0.3 is 40.1 Å². The van der Waals surface area contributed by atoms with Crippen molar-refractivity contribution in [2.75, 3.05) is 6.61 Å². The Morgan fingerprint density at radius 3 is 1.51 bits per heavy atom. The van der Waals surface area contributed by atoms with E-state index in [2.05, 4.69) is 37.5 Å². The van der Waals surface area contributed by atoms with Gasteiger partial charge >= 0.3 is 12.2 Å². The van der Waals surface area contributed by atoms with Crippen LogP contribution in [-0.4, -0.2) is 62.4 Å². The Hall–Kier alpha value is -3.86. The standard InChI is InChI=1S/C15H22N2O3.C10H14N2O.C10H19NO3.ClHN4.ClH/c1-15(2,3)20-14(19)16-12-8-11(9-12)10-17-7-5-4-6-13(17)18;11-9-5-8(6-9)7-12-4-2-1-3-10(12)13;1-10(2,3)14-9(13)11-8-4-7(5-8)6-12;1-3-5-4-2;/h4-7,11-12H,8-10H2,1-3H3,(H,16,19);1-4,8-9H,5-7,11H2;7-8,12H,4-6H2,1-3H3,(H,11,13);2H;1H. The minimum absolute atomic E-state index is 0. The van der Waals surface area contributed by atoms with Crippen molar-refractivity contribution in [3.63, 3.8) is 0 Å². The van der Waals surface area contributed by atoms with Crippen LogP contribution in [0.5, 0.6) is 0 Å². The zero-order chi connectivity index (χ0) is 38.9. The maximum atomic E-state index is 11.6. The number of amides is 2. The summed E-state index contributed by atoms with van der Waals surface area (Å²) in [7, 11) is 0. The molecule has 2 amide bonds. The molecule has 0 spiro atoms. The number of alkyl carbamates (subject to hydrolysis) is 2. The molecule has 53 heavy (non-hydrogen) atoms. The molecule has 298 valence electrons. The largest absolute Gasteiger partial charge is 0.444 e. The Morgan fingerprint density at radius 1 is 0.811 bits per heavy atom. The fraction of sp³-hybridized carbons (Fsp3) is 0.657. The highest BCUT2D eigenvalue weighted by molar-refractivity contribution is 6.13. The van der Waals surface area contributed by atoms with Crippen molar-refractivity contribution >= 4 is 36.4 Å². The van der Waals surface area contributed by atoms with E-state index in [1.54, 1.807) is 39.6 Å². The van der Waals surface area contributed by atoms with Gasteiger partial charge in [-0.05, 0) is 120 Å². The Balaban J connectivity index is 0.000000379. The molecule has 0 unspecified atom stereocenters. The van der Waals surface area contributed by atoms with Crippen molar-refractivity contribution in [3.8, 4) is 0 Å². The summed E-state index contributed by atoms with van der Waals surface area (Å²) in [5.74, 6) is 1.40. The monoisotopic (exact) mass is 785 g/mol. The Morgan fingerprint density at radius 2 is 1.21 bits per heavy atom. The molecule has 2 aromatic heterocycles. The molecule has 5 rings (SSSR count). The number of nitrogens with zero attached hydrogens (tertiary/aromatic N) is 5. The fourth-order valence-electron chi connectivity index (χ4n) is 5.69. The normalized spacial score (nSPS) is 22.7. The number of aliphatic hydroxyl groups is 1. The highest BCUT2D eigenvalue weighted by atomic mass is 35.5. The number of aliphatic hydroxyl groups excluding tert-OH is 1. The van der Waals surface area contributed by atoms with Gasteiger partial charge in [-0.2, -0.15) is 5.53 Å². The first-order valence-corrected chi connectivity index (χ1v) is 17.8. The number of carbonyl (C=O) groups excluding carboxylic acids is 2. The smallest absolute Gasteiger partial charge is 0.407 e. The van der Waals surface area contributed by atoms with Crippen LogP contribution in [0, 0.1) is 23.3 Å². The quantitative estimate of drug-likeness (QED) is 0.158. The number of pyridine rings is 2. The van der Waals surface area contributed by atoms with E-state index in [0.29, 0.717) is 30.3 Å².